The molecule has 1 aliphatic heterocycles. The summed E-state index contributed by atoms with van der Waals surface area (Å²) in [6, 6.07) is 4.15. The molecule has 1 amide bonds. The van der Waals surface area contributed by atoms with Crippen molar-refractivity contribution in [3.05, 3.63) is 23.8 Å². The standard InChI is InChI=1S/C15H20N2O4/c1-3-9(2)12(16)14(18)17-7-8-21-13-10(15(19)20)5-4-6-11(13)17/h4-6,9,12H,3,7-8,16H2,1-2H3,(H,19,20)/t9-,12-/m0/s1. The highest BCUT2D eigenvalue weighted by molar-refractivity contribution is 6.02. The van der Waals surface area contributed by atoms with Crippen LogP contribution in [0.15, 0.2) is 18.2 Å². The molecule has 1 aliphatic rings. The van der Waals surface area contributed by atoms with Crippen LogP contribution in [0, 0.1) is 5.92 Å². The number of carboxylic acids is 1. The third kappa shape index (κ3) is 2.85. The summed E-state index contributed by atoms with van der Waals surface area (Å²) < 4.78 is 5.45. The van der Waals surface area contributed by atoms with Crippen LogP contribution < -0.4 is 15.4 Å². The quantitative estimate of drug-likeness (QED) is 0.877. The van der Waals surface area contributed by atoms with Gasteiger partial charge in [0.25, 0.3) is 0 Å². The molecule has 1 aromatic carbocycles. The van der Waals surface area contributed by atoms with Gasteiger partial charge in [0.15, 0.2) is 5.75 Å². The minimum absolute atomic E-state index is 0.0575. The Labute approximate surface area is 123 Å². The van der Waals surface area contributed by atoms with E-state index in [4.69, 9.17) is 10.5 Å². The molecule has 1 heterocycles. The Hall–Kier alpha value is -2.08. The van der Waals surface area contributed by atoms with E-state index in [-0.39, 0.29) is 29.7 Å². The van der Waals surface area contributed by atoms with E-state index in [0.29, 0.717) is 12.2 Å². The van der Waals surface area contributed by atoms with Crippen molar-refractivity contribution >= 4 is 17.6 Å². The fourth-order valence-corrected chi connectivity index (χ4v) is 2.32. The summed E-state index contributed by atoms with van der Waals surface area (Å²) in [5.41, 5.74) is 6.54. The lowest BCUT2D eigenvalue weighted by Crippen LogP contribution is -2.49. The molecule has 0 saturated carbocycles. The zero-order valence-electron chi connectivity index (χ0n) is 12.2. The van der Waals surface area contributed by atoms with Crippen LogP contribution in [0.1, 0.15) is 30.6 Å². The molecule has 2 atom stereocenters. The average molecular weight is 292 g/mol. The molecule has 0 aromatic heterocycles. The molecule has 2 rings (SSSR count). The Balaban J connectivity index is 2.37. The number of carbonyl (C=O) groups excluding carboxylic acids is 1. The van der Waals surface area contributed by atoms with Crippen LogP contribution in [0.5, 0.6) is 5.75 Å². The molecular formula is C15H20N2O4. The normalized spacial score (nSPS) is 16.6. The Kier molecular flexibility index (Phi) is 4.47. The molecule has 0 bridgehead atoms. The number of nitrogens with zero attached hydrogens (tertiary/aromatic N) is 1. The highest BCUT2D eigenvalue weighted by Gasteiger charge is 2.31. The van der Waals surface area contributed by atoms with Gasteiger partial charge in [0.1, 0.15) is 12.2 Å². The third-order valence-electron chi connectivity index (χ3n) is 3.88. The summed E-state index contributed by atoms with van der Waals surface area (Å²) in [6.45, 7) is 4.54. The molecule has 6 heteroatoms. The lowest BCUT2D eigenvalue weighted by atomic mass is 9.98. The maximum Gasteiger partial charge on any atom is 0.339 e. The van der Waals surface area contributed by atoms with Gasteiger partial charge in [-0.3, -0.25) is 4.79 Å². The Morgan fingerprint density at radius 2 is 2.19 bits per heavy atom. The van der Waals surface area contributed by atoms with Crippen molar-refractivity contribution < 1.29 is 19.4 Å². The van der Waals surface area contributed by atoms with Crippen LogP contribution in [-0.4, -0.2) is 36.2 Å². The Morgan fingerprint density at radius 1 is 1.48 bits per heavy atom. The fraction of sp³-hybridized carbons (Fsp3) is 0.467. The third-order valence-corrected chi connectivity index (χ3v) is 3.88. The van der Waals surface area contributed by atoms with Crippen LogP contribution in [0.3, 0.4) is 0 Å². The van der Waals surface area contributed by atoms with Gasteiger partial charge in [0, 0.05) is 0 Å². The maximum absolute atomic E-state index is 12.5. The van der Waals surface area contributed by atoms with Crippen molar-refractivity contribution in [1.82, 2.24) is 0 Å². The average Bonchev–Trinajstić information content (AvgIpc) is 2.51. The van der Waals surface area contributed by atoms with Crippen molar-refractivity contribution in [3.63, 3.8) is 0 Å². The molecule has 114 valence electrons. The molecule has 21 heavy (non-hydrogen) atoms. The molecule has 3 N–H and O–H groups in total. The summed E-state index contributed by atoms with van der Waals surface area (Å²) in [4.78, 5) is 25.3. The number of carbonyl (C=O) groups is 2. The number of nitrogens with two attached hydrogens (primary N) is 1. The van der Waals surface area contributed by atoms with Crippen LogP contribution in [0.2, 0.25) is 0 Å². The van der Waals surface area contributed by atoms with Gasteiger partial charge in [-0.1, -0.05) is 26.3 Å². The van der Waals surface area contributed by atoms with E-state index in [1.165, 1.54) is 11.0 Å². The second-order valence-electron chi connectivity index (χ2n) is 5.21. The number of anilines is 1. The maximum atomic E-state index is 12.5. The van der Waals surface area contributed by atoms with Crippen molar-refractivity contribution in [2.75, 3.05) is 18.1 Å². The zero-order valence-corrected chi connectivity index (χ0v) is 12.2. The number of hydrogen-bond acceptors (Lipinski definition) is 4. The smallest absolute Gasteiger partial charge is 0.339 e. The SMILES string of the molecule is CC[C@H](C)[C@H](N)C(=O)N1CCOc2c(C(=O)O)cccc21. The first-order chi connectivity index (χ1) is 9.97. The number of benzene rings is 1. The fourth-order valence-electron chi connectivity index (χ4n) is 2.32. The minimum Gasteiger partial charge on any atom is -0.489 e. The van der Waals surface area contributed by atoms with Gasteiger partial charge in [-0.05, 0) is 18.1 Å². The number of aromatic carboxylic acids is 1. The van der Waals surface area contributed by atoms with Gasteiger partial charge in [-0.15, -0.1) is 0 Å². The first-order valence-electron chi connectivity index (χ1n) is 7.03. The van der Waals surface area contributed by atoms with Crippen molar-refractivity contribution in [1.29, 1.82) is 0 Å². The van der Waals surface area contributed by atoms with E-state index in [0.717, 1.165) is 6.42 Å². The number of para-hydroxylation sites is 1. The second kappa shape index (κ2) is 6.13. The molecule has 0 spiro atoms. The van der Waals surface area contributed by atoms with Crippen LogP contribution in [-0.2, 0) is 4.79 Å². The van der Waals surface area contributed by atoms with Gasteiger partial charge in [0.2, 0.25) is 5.91 Å². The van der Waals surface area contributed by atoms with E-state index in [9.17, 15) is 14.7 Å². The number of amides is 1. The van der Waals surface area contributed by atoms with Gasteiger partial charge in [0.05, 0.1) is 18.3 Å². The number of hydrogen-bond donors (Lipinski definition) is 2. The van der Waals surface area contributed by atoms with Gasteiger partial charge >= 0.3 is 5.97 Å². The lowest BCUT2D eigenvalue weighted by Gasteiger charge is -2.33. The molecule has 0 unspecified atom stereocenters. The van der Waals surface area contributed by atoms with E-state index in [1.54, 1.807) is 12.1 Å². The summed E-state index contributed by atoms with van der Waals surface area (Å²) in [5, 5.41) is 9.19. The summed E-state index contributed by atoms with van der Waals surface area (Å²) >= 11 is 0. The number of ether oxygens (including phenoxy) is 1. The summed E-state index contributed by atoms with van der Waals surface area (Å²) in [7, 11) is 0. The van der Waals surface area contributed by atoms with Gasteiger partial charge in [-0.25, -0.2) is 4.79 Å². The minimum atomic E-state index is -1.08. The number of fused-ring (bicyclic) bond motifs is 1. The monoisotopic (exact) mass is 292 g/mol. The molecule has 0 fully saturated rings. The first-order valence-corrected chi connectivity index (χ1v) is 7.03. The Morgan fingerprint density at radius 3 is 2.81 bits per heavy atom. The molecule has 6 nitrogen and oxygen atoms in total. The highest BCUT2D eigenvalue weighted by Crippen LogP contribution is 2.35. The largest absolute Gasteiger partial charge is 0.489 e. The van der Waals surface area contributed by atoms with Crippen LogP contribution >= 0.6 is 0 Å². The first kappa shape index (κ1) is 15.3. The molecule has 0 radical (unpaired) electrons. The summed E-state index contributed by atoms with van der Waals surface area (Å²) in [6.07, 6.45) is 0.805. The van der Waals surface area contributed by atoms with E-state index >= 15 is 0 Å². The number of carboxylic acid groups (broad SMARTS) is 1. The van der Waals surface area contributed by atoms with Gasteiger partial charge < -0.3 is 20.5 Å². The van der Waals surface area contributed by atoms with E-state index < -0.39 is 12.0 Å². The molecule has 1 aromatic rings. The molecular weight excluding hydrogens is 272 g/mol. The van der Waals surface area contributed by atoms with Crippen LogP contribution in [0.25, 0.3) is 0 Å². The Bertz CT molecular complexity index is 559. The van der Waals surface area contributed by atoms with Crippen LogP contribution in [0.4, 0.5) is 5.69 Å². The molecule has 0 aliphatic carbocycles. The summed E-state index contributed by atoms with van der Waals surface area (Å²) in [5.74, 6) is -0.976. The molecule has 0 saturated heterocycles. The van der Waals surface area contributed by atoms with E-state index in [1.807, 2.05) is 13.8 Å². The topological polar surface area (TPSA) is 92.9 Å². The van der Waals surface area contributed by atoms with Gasteiger partial charge in [-0.2, -0.15) is 0 Å². The van der Waals surface area contributed by atoms with E-state index in [2.05, 4.69) is 0 Å². The highest BCUT2D eigenvalue weighted by atomic mass is 16.5. The van der Waals surface area contributed by atoms with Crippen molar-refractivity contribution in [2.45, 2.75) is 26.3 Å². The lowest BCUT2D eigenvalue weighted by molar-refractivity contribution is -0.121. The predicted octanol–water partition coefficient (Wildman–Crippen LogP) is 1.48. The van der Waals surface area contributed by atoms with Crippen molar-refractivity contribution in [2.24, 2.45) is 11.7 Å². The number of rotatable bonds is 4. The second-order valence-corrected chi connectivity index (χ2v) is 5.21. The van der Waals surface area contributed by atoms with Crippen molar-refractivity contribution in [3.8, 4) is 5.75 Å². The predicted molar refractivity (Wildman–Crippen MR) is 78.7 cm³/mol. The zero-order chi connectivity index (χ0) is 15.6.